The first-order valence-corrected chi connectivity index (χ1v) is 6.01. The average molecular weight is 253 g/mol. The first-order valence-electron chi connectivity index (χ1n) is 6.01. The fourth-order valence-electron chi connectivity index (χ4n) is 1.87. The van der Waals surface area contributed by atoms with E-state index in [1.165, 1.54) is 0 Å². The fraction of sp³-hybridized carbons (Fsp3) is 0.417. The first-order chi connectivity index (χ1) is 8.72. The fourth-order valence-corrected chi connectivity index (χ4v) is 1.87. The van der Waals surface area contributed by atoms with Gasteiger partial charge < -0.3 is 10.8 Å². The van der Waals surface area contributed by atoms with Crippen LogP contribution < -0.4 is 29.7 Å². The average Bonchev–Trinajstić information content (AvgIpc) is 2.89. The quantitative estimate of drug-likeness (QED) is 0.476. The number of hydrogen-bond acceptors (Lipinski definition) is 5. The SMILES string of the molecule is CCCCC([O-])c1ccc(N)cc1-c1nn[nH]n1.[Li+]. The standard InChI is InChI=1S/C12H16N5O.Li/c1-2-3-4-11(18)9-6-5-8(13)7-10(9)12-14-16-17-15-12;/h5-7,11H,2-4,13H2,1H3,(H,14,15,16,17);/q-1;+1. The van der Waals surface area contributed by atoms with Crippen molar-refractivity contribution in [3.05, 3.63) is 23.8 Å². The number of aromatic nitrogens is 4. The summed E-state index contributed by atoms with van der Waals surface area (Å²) < 4.78 is 0. The van der Waals surface area contributed by atoms with Crippen LogP contribution in [-0.2, 0) is 0 Å². The third kappa shape index (κ3) is 3.80. The third-order valence-electron chi connectivity index (χ3n) is 2.83. The first kappa shape index (κ1) is 15.7. The van der Waals surface area contributed by atoms with Crippen LogP contribution in [0.25, 0.3) is 11.4 Å². The van der Waals surface area contributed by atoms with Gasteiger partial charge in [-0.15, -0.1) is 10.2 Å². The minimum Gasteiger partial charge on any atom is -0.849 e. The van der Waals surface area contributed by atoms with Gasteiger partial charge in [-0.2, -0.15) is 5.21 Å². The van der Waals surface area contributed by atoms with Crippen molar-refractivity contribution in [2.45, 2.75) is 32.3 Å². The molecule has 0 aliphatic rings. The number of hydrogen-bond donors (Lipinski definition) is 2. The van der Waals surface area contributed by atoms with Gasteiger partial charge in [-0.05, 0) is 17.3 Å². The monoisotopic (exact) mass is 253 g/mol. The molecule has 0 bridgehead atoms. The number of nitrogens with zero attached hydrogens (tertiary/aromatic N) is 3. The van der Waals surface area contributed by atoms with Crippen LogP contribution in [0.3, 0.4) is 0 Å². The van der Waals surface area contributed by atoms with E-state index in [4.69, 9.17) is 5.73 Å². The number of benzene rings is 1. The van der Waals surface area contributed by atoms with Crippen LogP contribution in [0, 0.1) is 0 Å². The maximum absolute atomic E-state index is 12.2. The van der Waals surface area contributed by atoms with Crippen molar-refractivity contribution in [2.24, 2.45) is 0 Å². The van der Waals surface area contributed by atoms with Crippen LogP contribution in [0.2, 0.25) is 0 Å². The van der Waals surface area contributed by atoms with Crippen LogP contribution in [0.1, 0.15) is 37.9 Å². The molecule has 0 fully saturated rings. The van der Waals surface area contributed by atoms with Crippen molar-refractivity contribution in [1.82, 2.24) is 20.6 Å². The smallest absolute Gasteiger partial charge is 0.849 e. The molecule has 2 aromatic rings. The third-order valence-corrected chi connectivity index (χ3v) is 2.83. The summed E-state index contributed by atoms with van der Waals surface area (Å²) >= 11 is 0. The Kier molecular flexibility index (Phi) is 6.02. The Bertz CT molecular complexity index is 503. The maximum Gasteiger partial charge on any atom is 1.00 e. The summed E-state index contributed by atoms with van der Waals surface area (Å²) in [5.74, 6) is 0.412. The predicted octanol–water partition coefficient (Wildman–Crippen LogP) is -1.96. The van der Waals surface area contributed by atoms with E-state index in [1.807, 2.05) is 0 Å². The molecule has 1 aromatic carbocycles. The molecule has 1 aromatic heterocycles. The van der Waals surface area contributed by atoms with Crippen molar-refractivity contribution >= 4 is 5.69 Å². The molecule has 0 saturated carbocycles. The number of aromatic amines is 1. The molecule has 2 rings (SSSR count). The number of H-pyrrole nitrogens is 1. The van der Waals surface area contributed by atoms with Gasteiger partial charge >= 0.3 is 18.9 Å². The summed E-state index contributed by atoms with van der Waals surface area (Å²) in [6.45, 7) is 2.07. The van der Waals surface area contributed by atoms with Crippen LogP contribution in [-0.4, -0.2) is 20.6 Å². The number of rotatable bonds is 5. The Morgan fingerprint density at radius 2 is 2.21 bits per heavy atom. The van der Waals surface area contributed by atoms with Crippen molar-refractivity contribution in [2.75, 3.05) is 5.73 Å². The Morgan fingerprint density at radius 1 is 1.42 bits per heavy atom. The molecule has 0 spiro atoms. The molecule has 1 unspecified atom stereocenters. The Hall–Kier alpha value is -1.35. The van der Waals surface area contributed by atoms with E-state index in [1.54, 1.807) is 18.2 Å². The van der Waals surface area contributed by atoms with Crippen LogP contribution >= 0.6 is 0 Å². The normalized spacial score (nSPS) is 11.9. The van der Waals surface area contributed by atoms with Gasteiger partial charge in [0.2, 0.25) is 5.82 Å². The number of nitrogen functional groups attached to an aromatic ring is 1. The van der Waals surface area contributed by atoms with E-state index in [-0.39, 0.29) is 18.9 Å². The number of anilines is 1. The molecular weight excluding hydrogens is 237 g/mol. The molecule has 6 nitrogen and oxygen atoms in total. The molecule has 7 heteroatoms. The van der Waals surface area contributed by atoms with Crippen LogP contribution in [0.4, 0.5) is 5.69 Å². The molecule has 0 aliphatic carbocycles. The zero-order valence-corrected chi connectivity index (χ0v) is 11.3. The Labute approximate surface area is 124 Å². The van der Waals surface area contributed by atoms with Gasteiger partial charge in [0.05, 0.1) is 0 Å². The van der Waals surface area contributed by atoms with Crippen LogP contribution in [0.5, 0.6) is 0 Å². The van der Waals surface area contributed by atoms with Gasteiger partial charge in [0.25, 0.3) is 0 Å². The van der Waals surface area contributed by atoms with E-state index in [0.717, 1.165) is 12.8 Å². The van der Waals surface area contributed by atoms with Gasteiger partial charge in [-0.3, -0.25) is 0 Å². The topological polar surface area (TPSA) is 104 Å². The van der Waals surface area contributed by atoms with Gasteiger partial charge in [-0.1, -0.05) is 43.9 Å². The number of nitrogens with two attached hydrogens (primary N) is 1. The molecule has 3 N–H and O–H groups in total. The molecule has 0 saturated heterocycles. The second-order valence-electron chi connectivity index (χ2n) is 4.21. The predicted molar refractivity (Wildman–Crippen MR) is 66.3 cm³/mol. The number of tetrazole rings is 1. The largest absolute Gasteiger partial charge is 1.00 e. The van der Waals surface area contributed by atoms with Crippen molar-refractivity contribution < 1.29 is 24.0 Å². The molecule has 19 heavy (non-hydrogen) atoms. The van der Waals surface area contributed by atoms with Gasteiger partial charge in [0.15, 0.2) is 0 Å². The number of unbranched alkanes of at least 4 members (excludes halogenated alkanes) is 1. The Balaban J connectivity index is 0.00000180. The van der Waals surface area contributed by atoms with Crippen molar-refractivity contribution in [3.8, 4) is 11.4 Å². The van der Waals surface area contributed by atoms with Gasteiger partial charge in [0.1, 0.15) is 0 Å². The van der Waals surface area contributed by atoms with Crippen molar-refractivity contribution in [1.29, 1.82) is 0 Å². The summed E-state index contributed by atoms with van der Waals surface area (Å²) in [4.78, 5) is 0. The van der Waals surface area contributed by atoms with E-state index >= 15 is 0 Å². The molecule has 0 radical (unpaired) electrons. The summed E-state index contributed by atoms with van der Waals surface area (Å²) in [6.07, 6.45) is 1.74. The molecular formula is C12H16LiN5O. The molecule has 0 amide bonds. The minimum atomic E-state index is -0.779. The van der Waals surface area contributed by atoms with Crippen molar-refractivity contribution in [3.63, 3.8) is 0 Å². The molecule has 96 valence electrons. The maximum atomic E-state index is 12.2. The second kappa shape index (κ2) is 7.29. The molecule has 0 aliphatic heterocycles. The van der Waals surface area contributed by atoms with E-state index in [2.05, 4.69) is 27.5 Å². The Morgan fingerprint density at radius 3 is 2.84 bits per heavy atom. The van der Waals surface area contributed by atoms with Gasteiger partial charge in [0, 0.05) is 11.3 Å². The molecule has 1 atom stereocenters. The van der Waals surface area contributed by atoms with Crippen LogP contribution in [0.15, 0.2) is 18.2 Å². The summed E-state index contributed by atoms with van der Waals surface area (Å²) in [7, 11) is 0. The zero-order valence-electron chi connectivity index (χ0n) is 11.3. The van der Waals surface area contributed by atoms with E-state index in [0.29, 0.717) is 29.1 Å². The number of nitrogens with one attached hydrogen (secondary N) is 1. The summed E-state index contributed by atoms with van der Waals surface area (Å²) in [5, 5.41) is 25.9. The van der Waals surface area contributed by atoms with E-state index < -0.39 is 6.10 Å². The minimum absolute atomic E-state index is 0. The second-order valence-corrected chi connectivity index (χ2v) is 4.21. The summed E-state index contributed by atoms with van der Waals surface area (Å²) in [5.41, 5.74) is 7.68. The molecule has 1 heterocycles. The summed E-state index contributed by atoms with van der Waals surface area (Å²) in [6, 6.07) is 5.21. The zero-order chi connectivity index (χ0) is 13.0. The van der Waals surface area contributed by atoms with Gasteiger partial charge in [-0.25, -0.2) is 0 Å². The van der Waals surface area contributed by atoms with E-state index in [9.17, 15) is 5.11 Å².